The van der Waals surface area contributed by atoms with Gasteiger partial charge in [0, 0.05) is 6.54 Å². The molecule has 0 fully saturated rings. The van der Waals surface area contributed by atoms with Gasteiger partial charge in [0.05, 0.1) is 14.9 Å². The summed E-state index contributed by atoms with van der Waals surface area (Å²) in [6.45, 7) is 0.525. The largest absolute Gasteiger partial charge is 0.387 e. The molecular formula is C12H12BrNOS. The molecule has 0 saturated heterocycles. The van der Waals surface area contributed by atoms with E-state index >= 15 is 0 Å². The van der Waals surface area contributed by atoms with Gasteiger partial charge >= 0.3 is 0 Å². The number of aliphatic hydroxyl groups is 1. The molecule has 2 aromatic rings. The van der Waals surface area contributed by atoms with Crippen molar-refractivity contribution in [1.29, 1.82) is 0 Å². The van der Waals surface area contributed by atoms with Gasteiger partial charge < -0.3 is 10.4 Å². The Kier molecular flexibility index (Phi) is 3.98. The van der Waals surface area contributed by atoms with Crippen molar-refractivity contribution in [2.45, 2.75) is 6.10 Å². The maximum absolute atomic E-state index is 9.92. The average molecular weight is 298 g/mol. The SMILES string of the molecule is OC(CNc1ccc(Br)s1)c1ccccc1. The summed E-state index contributed by atoms with van der Waals surface area (Å²) in [5.41, 5.74) is 0.936. The normalized spacial score (nSPS) is 12.4. The quantitative estimate of drug-likeness (QED) is 0.903. The van der Waals surface area contributed by atoms with E-state index in [1.165, 1.54) is 0 Å². The highest BCUT2D eigenvalue weighted by molar-refractivity contribution is 9.11. The van der Waals surface area contributed by atoms with E-state index in [4.69, 9.17) is 0 Å². The zero-order chi connectivity index (χ0) is 11.4. The first-order valence-electron chi connectivity index (χ1n) is 4.98. The first kappa shape index (κ1) is 11.6. The molecule has 0 bridgehead atoms. The Labute approximate surface area is 107 Å². The lowest BCUT2D eigenvalue weighted by atomic mass is 10.1. The molecule has 0 spiro atoms. The van der Waals surface area contributed by atoms with Crippen LogP contribution in [0, 0.1) is 0 Å². The van der Waals surface area contributed by atoms with Crippen LogP contribution in [-0.2, 0) is 0 Å². The fourth-order valence-electron chi connectivity index (χ4n) is 1.40. The second kappa shape index (κ2) is 5.48. The van der Waals surface area contributed by atoms with Crippen molar-refractivity contribution < 1.29 is 5.11 Å². The summed E-state index contributed by atoms with van der Waals surface area (Å²) < 4.78 is 1.09. The van der Waals surface area contributed by atoms with E-state index < -0.39 is 6.10 Å². The third-order valence-electron chi connectivity index (χ3n) is 2.23. The van der Waals surface area contributed by atoms with Crippen LogP contribution in [0.5, 0.6) is 0 Å². The van der Waals surface area contributed by atoms with E-state index in [0.29, 0.717) is 6.54 Å². The van der Waals surface area contributed by atoms with Gasteiger partial charge in [-0.2, -0.15) is 0 Å². The number of hydrogen-bond donors (Lipinski definition) is 2. The van der Waals surface area contributed by atoms with Crippen molar-refractivity contribution >= 4 is 32.3 Å². The lowest BCUT2D eigenvalue weighted by Gasteiger charge is -2.11. The fraction of sp³-hybridized carbons (Fsp3) is 0.167. The number of halogens is 1. The first-order valence-corrected chi connectivity index (χ1v) is 6.59. The van der Waals surface area contributed by atoms with Crippen LogP contribution < -0.4 is 5.32 Å². The molecule has 1 unspecified atom stereocenters. The molecule has 84 valence electrons. The first-order chi connectivity index (χ1) is 7.75. The Bertz CT molecular complexity index is 443. The summed E-state index contributed by atoms with van der Waals surface area (Å²) in [5, 5.41) is 14.2. The van der Waals surface area contributed by atoms with Crippen LogP contribution in [0.15, 0.2) is 46.3 Å². The molecule has 0 radical (unpaired) electrons. The van der Waals surface area contributed by atoms with E-state index in [2.05, 4.69) is 21.2 Å². The molecule has 2 rings (SSSR count). The number of rotatable bonds is 4. The number of nitrogens with one attached hydrogen (secondary N) is 1. The van der Waals surface area contributed by atoms with E-state index in [-0.39, 0.29) is 0 Å². The van der Waals surface area contributed by atoms with Crippen molar-refractivity contribution in [2.75, 3.05) is 11.9 Å². The van der Waals surface area contributed by atoms with Gasteiger partial charge in [-0.05, 0) is 33.6 Å². The van der Waals surface area contributed by atoms with Gasteiger partial charge in [-0.1, -0.05) is 30.3 Å². The number of hydrogen-bond acceptors (Lipinski definition) is 3. The minimum absolute atomic E-state index is 0.470. The van der Waals surface area contributed by atoms with Gasteiger partial charge in [-0.25, -0.2) is 0 Å². The monoisotopic (exact) mass is 297 g/mol. The zero-order valence-electron chi connectivity index (χ0n) is 8.56. The summed E-state index contributed by atoms with van der Waals surface area (Å²) in [6.07, 6.45) is -0.470. The average Bonchev–Trinajstić information content (AvgIpc) is 2.73. The van der Waals surface area contributed by atoms with Crippen molar-refractivity contribution in [3.63, 3.8) is 0 Å². The molecule has 1 aromatic carbocycles. The van der Waals surface area contributed by atoms with E-state index in [1.807, 2.05) is 42.5 Å². The van der Waals surface area contributed by atoms with Gasteiger partial charge in [-0.3, -0.25) is 0 Å². The summed E-state index contributed by atoms with van der Waals surface area (Å²) in [6, 6.07) is 13.6. The predicted molar refractivity (Wildman–Crippen MR) is 71.9 cm³/mol. The molecule has 2 N–H and O–H groups in total. The number of benzene rings is 1. The molecule has 4 heteroatoms. The highest BCUT2D eigenvalue weighted by atomic mass is 79.9. The topological polar surface area (TPSA) is 32.3 Å². The Morgan fingerprint density at radius 3 is 2.56 bits per heavy atom. The Balaban J connectivity index is 1.91. The Hall–Kier alpha value is -0.840. The lowest BCUT2D eigenvalue weighted by molar-refractivity contribution is 0.192. The molecule has 0 aliphatic rings. The van der Waals surface area contributed by atoms with Gasteiger partial charge in [0.1, 0.15) is 0 Å². The van der Waals surface area contributed by atoms with Gasteiger partial charge in [0.15, 0.2) is 0 Å². The molecular weight excluding hydrogens is 286 g/mol. The van der Waals surface area contributed by atoms with Gasteiger partial charge in [-0.15, -0.1) is 11.3 Å². The predicted octanol–water partition coefficient (Wildman–Crippen LogP) is 3.66. The number of anilines is 1. The van der Waals surface area contributed by atoms with Crippen LogP contribution in [0.2, 0.25) is 0 Å². The van der Waals surface area contributed by atoms with Gasteiger partial charge in [0.25, 0.3) is 0 Å². The maximum atomic E-state index is 9.92. The molecule has 1 aromatic heterocycles. The minimum Gasteiger partial charge on any atom is -0.387 e. The van der Waals surface area contributed by atoms with E-state index in [0.717, 1.165) is 14.4 Å². The third-order valence-corrected chi connectivity index (χ3v) is 3.81. The minimum atomic E-state index is -0.470. The van der Waals surface area contributed by atoms with Crippen molar-refractivity contribution in [1.82, 2.24) is 0 Å². The Morgan fingerprint density at radius 1 is 1.19 bits per heavy atom. The summed E-state index contributed by atoms with van der Waals surface area (Å²) in [7, 11) is 0. The van der Waals surface area contributed by atoms with Crippen molar-refractivity contribution in [3.05, 3.63) is 51.8 Å². The number of thiophene rings is 1. The summed E-state index contributed by atoms with van der Waals surface area (Å²) >= 11 is 5.02. The van der Waals surface area contributed by atoms with E-state index in [1.54, 1.807) is 11.3 Å². The van der Waals surface area contributed by atoms with Gasteiger partial charge in [0.2, 0.25) is 0 Å². The highest BCUT2D eigenvalue weighted by Gasteiger charge is 2.06. The fourth-order valence-corrected chi connectivity index (χ4v) is 2.69. The number of aliphatic hydroxyl groups excluding tert-OH is 1. The molecule has 1 heterocycles. The molecule has 16 heavy (non-hydrogen) atoms. The Morgan fingerprint density at radius 2 is 1.94 bits per heavy atom. The van der Waals surface area contributed by atoms with Crippen molar-refractivity contribution in [2.24, 2.45) is 0 Å². The van der Waals surface area contributed by atoms with Crippen LogP contribution in [-0.4, -0.2) is 11.7 Å². The van der Waals surface area contributed by atoms with Crippen LogP contribution in [0.3, 0.4) is 0 Å². The highest BCUT2D eigenvalue weighted by Crippen LogP contribution is 2.27. The molecule has 0 amide bonds. The standard InChI is InChI=1S/C12H12BrNOS/c13-11-6-7-12(16-11)14-8-10(15)9-4-2-1-3-5-9/h1-7,10,14-15H,8H2. The van der Waals surface area contributed by atoms with E-state index in [9.17, 15) is 5.11 Å². The van der Waals surface area contributed by atoms with Crippen LogP contribution in [0.1, 0.15) is 11.7 Å². The van der Waals surface area contributed by atoms with Crippen molar-refractivity contribution in [3.8, 4) is 0 Å². The second-order valence-corrected chi connectivity index (χ2v) is 5.87. The molecule has 0 aliphatic heterocycles. The van der Waals surface area contributed by atoms with Crippen LogP contribution in [0.4, 0.5) is 5.00 Å². The summed E-state index contributed by atoms with van der Waals surface area (Å²) in [4.78, 5) is 0. The lowest BCUT2D eigenvalue weighted by Crippen LogP contribution is -2.11. The smallest absolute Gasteiger partial charge is 0.0962 e. The van der Waals surface area contributed by atoms with Crippen LogP contribution in [0.25, 0.3) is 0 Å². The third kappa shape index (κ3) is 3.07. The molecule has 2 nitrogen and oxygen atoms in total. The molecule has 0 aliphatic carbocycles. The molecule has 0 saturated carbocycles. The van der Waals surface area contributed by atoms with Crippen LogP contribution >= 0.6 is 27.3 Å². The zero-order valence-corrected chi connectivity index (χ0v) is 11.0. The molecule has 1 atom stereocenters. The second-order valence-electron chi connectivity index (χ2n) is 3.41. The maximum Gasteiger partial charge on any atom is 0.0962 e. The summed E-state index contributed by atoms with van der Waals surface area (Å²) in [5.74, 6) is 0.